The van der Waals surface area contributed by atoms with Gasteiger partial charge in [0.25, 0.3) is 5.91 Å². The fourth-order valence-corrected chi connectivity index (χ4v) is 1.69. The van der Waals surface area contributed by atoms with E-state index >= 15 is 0 Å². The first-order valence-corrected chi connectivity index (χ1v) is 5.83. The summed E-state index contributed by atoms with van der Waals surface area (Å²) in [6.07, 6.45) is 0. The van der Waals surface area contributed by atoms with Gasteiger partial charge < -0.3 is 4.74 Å². The van der Waals surface area contributed by atoms with E-state index < -0.39 is 0 Å². The van der Waals surface area contributed by atoms with E-state index in [0.29, 0.717) is 5.75 Å². The molecule has 1 aromatic heterocycles. The van der Waals surface area contributed by atoms with E-state index in [0.717, 1.165) is 17.0 Å². The minimum absolute atomic E-state index is 0.00852. The van der Waals surface area contributed by atoms with Crippen molar-refractivity contribution in [3.05, 3.63) is 47.3 Å². The summed E-state index contributed by atoms with van der Waals surface area (Å²) in [5.41, 5.74) is 2.79. The second-order valence-electron chi connectivity index (χ2n) is 4.20. The van der Waals surface area contributed by atoms with Gasteiger partial charge in [-0.05, 0) is 38.5 Å². The Morgan fingerprint density at radius 1 is 1.22 bits per heavy atom. The van der Waals surface area contributed by atoms with Gasteiger partial charge in [-0.3, -0.25) is 4.79 Å². The maximum absolute atomic E-state index is 12.0. The van der Waals surface area contributed by atoms with Crippen LogP contribution in [-0.4, -0.2) is 22.3 Å². The first-order chi connectivity index (χ1) is 8.59. The third kappa shape index (κ3) is 2.42. The second kappa shape index (κ2) is 5.04. The van der Waals surface area contributed by atoms with E-state index in [4.69, 9.17) is 4.74 Å². The van der Waals surface area contributed by atoms with Crippen molar-refractivity contribution < 1.29 is 9.53 Å². The van der Waals surface area contributed by atoms with Crippen LogP contribution < -0.4 is 4.74 Å². The highest BCUT2D eigenvalue weighted by atomic mass is 16.5. The highest BCUT2D eigenvalue weighted by molar-refractivity contribution is 5.80. The van der Waals surface area contributed by atoms with Gasteiger partial charge in [0.05, 0.1) is 5.69 Å². The van der Waals surface area contributed by atoms with Gasteiger partial charge >= 0.3 is 0 Å². The van der Waals surface area contributed by atoms with Crippen molar-refractivity contribution in [3.8, 4) is 5.75 Å². The molecular weight excluding hydrogens is 228 g/mol. The fourth-order valence-electron chi connectivity index (χ4n) is 1.69. The average Bonchev–Trinajstić information content (AvgIpc) is 2.65. The lowest BCUT2D eigenvalue weighted by Crippen LogP contribution is -2.21. The summed E-state index contributed by atoms with van der Waals surface area (Å²) in [5.74, 6) is 0.525. The minimum Gasteiger partial charge on any atom is -0.484 e. The molecule has 4 heteroatoms. The summed E-state index contributed by atoms with van der Waals surface area (Å²) in [6, 6.07) is 9.28. The highest BCUT2D eigenvalue weighted by Gasteiger charge is 2.14. The van der Waals surface area contributed by atoms with Crippen LogP contribution in [0.3, 0.4) is 0 Å². The number of rotatable bonds is 3. The van der Waals surface area contributed by atoms with Crippen LogP contribution in [0.5, 0.6) is 5.75 Å². The Morgan fingerprint density at radius 2 is 1.89 bits per heavy atom. The number of hydrogen-bond acceptors (Lipinski definition) is 3. The van der Waals surface area contributed by atoms with E-state index in [1.165, 1.54) is 4.68 Å². The average molecular weight is 244 g/mol. The number of aryl methyl sites for hydroxylation is 1. The van der Waals surface area contributed by atoms with Crippen LogP contribution in [0.4, 0.5) is 0 Å². The Labute approximate surface area is 106 Å². The molecule has 1 aromatic carbocycles. The summed E-state index contributed by atoms with van der Waals surface area (Å²) in [4.78, 5) is 12.0. The molecule has 0 bridgehead atoms. The lowest BCUT2D eigenvalue weighted by Gasteiger charge is -2.06. The van der Waals surface area contributed by atoms with Crippen LogP contribution in [0.25, 0.3) is 0 Å². The van der Waals surface area contributed by atoms with E-state index in [1.54, 1.807) is 0 Å². The zero-order valence-corrected chi connectivity index (χ0v) is 10.8. The zero-order valence-electron chi connectivity index (χ0n) is 10.8. The molecule has 0 spiro atoms. The SMILES string of the molecule is Cc1nn(C(=O)COc2ccccc2)c(C)c1C. The van der Waals surface area contributed by atoms with Gasteiger partial charge in [0, 0.05) is 5.69 Å². The molecule has 0 fully saturated rings. The van der Waals surface area contributed by atoms with E-state index in [9.17, 15) is 4.79 Å². The van der Waals surface area contributed by atoms with Gasteiger partial charge in [0.15, 0.2) is 6.61 Å². The zero-order chi connectivity index (χ0) is 13.1. The molecule has 0 unspecified atom stereocenters. The Morgan fingerprint density at radius 3 is 2.44 bits per heavy atom. The number of carbonyl (C=O) groups is 1. The molecule has 0 radical (unpaired) electrons. The number of ether oxygens (including phenoxy) is 1. The van der Waals surface area contributed by atoms with Crippen molar-refractivity contribution >= 4 is 5.91 Å². The molecule has 2 rings (SSSR count). The van der Waals surface area contributed by atoms with Crippen molar-refractivity contribution in [2.45, 2.75) is 20.8 Å². The Kier molecular flexibility index (Phi) is 3.46. The van der Waals surface area contributed by atoms with Gasteiger partial charge in [0.2, 0.25) is 0 Å². The standard InChI is InChI=1S/C14H16N2O2/c1-10-11(2)15-16(12(10)3)14(17)9-18-13-7-5-4-6-8-13/h4-8H,9H2,1-3H3. The quantitative estimate of drug-likeness (QED) is 0.833. The molecule has 0 amide bonds. The summed E-state index contributed by atoms with van der Waals surface area (Å²) < 4.78 is 6.83. The molecule has 0 N–H and O–H groups in total. The first-order valence-electron chi connectivity index (χ1n) is 5.83. The molecule has 0 aliphatic carbocycles. The second-order valence-corrected chi connectivity index (χ2v) is 4.20. The van der Waals surface area contributed by atoms with Crippen molar-refractivity contribution in [1.82, 2.24) is 9.78 Å². The molecule has 0 saturated heterocycles. The molecular formula is C14H16N2O2. The normalized spacial score (nSPS) is 10.4. The van der Waals surface area contributed by atoms with Crippen molar-refractivity contribution in [3.63, 3.8) is 0 Å². The Bertz CT molecular complexity index is 559. The molecule has 0 aliphatic heterocycles. The third-order valence-electron chi connectivity index (χ3n) is 2.99. The maximum Gasteiger partial charge on any atom is 0.284 e. The third-order valence-corrected chi connectivity index (χ3v) is 2.99. The lowest BCUT2D eigenvalue weighted by atomic mass is 10.2. The van der Waals surface area contributed by atoms with Crippen LogP contribution in [0.1, 0.15) is 21.7 Å². The molecule has 1 heterocycles. The van der Waals surface area contributed by atoms with E-state index in [-0.39, 0.29) is 12.5 Å². The first kappa shape index (κ1) is 12.4. The molecule has 0 atom stereocenters. The molecule has 2 aromatic rings. The van der Waals surface area contributed by atoms with Crippen LogP contribution in [0.2, 0.25) is 0 Å². The highest BCUT2D eigenvalue weighted by Crippen LogP contribution is 2.12. The van der Waals surface area contributed by atoms with Crippen LogP contribution >= 0.6 is 0 Å². The summed E-state index contributed by atoms with van der Waals surface area (Å²) in [6.45, 7) is 5.73. The summed E-state index contributed by atoms with van der Waals surface area (Å²) in [7, 11) is 0. The molecule has 0 saturated carbocycles. The van der Waals surface area contributed by atoms with Crippen molar-refractivity contribution in [2.75, 3.05) is 6.61 Å². The number of carbonyl (C=O) groups excluding carboxylic acids is 1. The van der Waals surface area contributed by atoms with Gasteiger partial charge in [0.1, 0.15) is 5.75 Å². The number of benzene rings is 1. The number of para-hydroxylation sites is 1. The maximum atomic E-state index is 12.0. The lowest BCUT2D eigenvalue weighted by molar-refractivity contribution is 0.0818. The summed E-state index contributed by atoms with van der Waals surface area (Å²) in [5, 5.41) is 4.21. The van der Waals surface area contributed by atoms with Crippen LogP contribution in [0, 0.1) is 20.8 Å². The Balaban J connectivity index is 2.06. The van der Waals surface area contributed by atoms with Crippen LogP contribution in [-0.2, 0) is 0 Å². The fraction of sp³-hybridized carbons (Fsp3) is 0.286. The number of aromatic nitrogens is 2. The monoisotopic (exact) mass is 244 g/mol. The number of nitrogens with zero attached hydrogens (tertiary/aromatic N) is 2. The molecule has 94 valence electrons. The van der Waals surface area contributed by atoms with Gasteiger partial charge in [-0.1, -0.05) is 18.2 Å². The van der Waals surface area contributed by atoms with Crippen LogP contribution in [0.15, 0.2) is 30.3 Å². The molecule has 4 nitrogen and oxygen atoms in total. The van der Waals surface area contributed by atoms with Crippen molar-refractivity contribution in [1.29, 1.82) is 0 Å². The van der Waals surface area contributed by atoms with Gasteiger partial charge in [-0.15, -0.1) is 0 Å². The topological polar surface area (TPSA) is 44.1 Å². The Hall–Kier alpha value is -2.10. The minimum atomic E-state index is -0.160. The van der Waals surface area contributed by atoms with E-state index in [2.05, 4.69) is 5.10 Å². The van der Waals surface area contributed by atoms with Gasteiger partial charge in [-0.25, -0.2) is 4.68 Å². The largest absolute Gasteiger partial charge is 0.484 e. The van der Waals surface area contributed by atoms with Crippen molar-refractivity contribution in [2.24, 2.45) is 0 Å². The predicted octanol–water partition coefficient (Wildman–Crippen LogP) is 2.53. The smallest absolute Gasteiger partial charge is 0.284 e. The van der Waals surface area contributed by atoms with E-state index in [1.807, 2.05) is 51.1 Å². The molecule has 0 aliphatic rings. The molecule has 18 heavy (non-hydrogen) atoms. The predicted molar refractivity (Wildman–Crippen MR) is 69.0 cm³/mol. The summed E-state index contributed by atoms with van der Waals surface area (Å²) >= 11 is 0. The number of hydrogen-bond donors (Lipinski definition) is 0. The van der Waals surface area contributed by atoms with Gasteiger partial charge in [-0.2, -0.15) is 5.10 Å².